The van der Waals surface area contributed by atoms with Crippen LogP contribution in [0.3, 0.4) is 0 Å². The Hall–Kier alpha value is -1.58. The molecule has 0 aromatic carbocycles. The standard InChI is InChI=1S/C17H25N3O/c1-13(14-5-3-2-4-6-14)19-17(21)20-11-16(12-20)15-7-9-18-10-8-15/h7-10,13-14,16H,2-6,11-12H2,1H3,(H,19,21)/t13-/m1/s1. The van der Waals surface area contributed by atoms with E-state index in [1.165, 1.54) is 37.7 Å². The van der Waals surface area contributed by atoms with Gasteiger partial charge in [0.25, 0.3) is 0 Å². The second kappa shape index (κ2) is 6.46. The van der Waals surface area contributed by atoms with Gasteiger partial charge in [-0.2, -0.15) is 0 Å². The number of nitrogens with one attached hydrogen (secondary N) is 1. The molecule has 4 heteroatoms. The lowest BCUT2D eigenvalue weighted by Crippen LogP contribution is -2.55. The van der Waals surface area contributed by atoms with Gasteiger partial charge in [-0.3, -0.25) is 4.98 Å². The minimum Gasteiger partial charge on any atom is -0.335 e. The van der Waals surface area contributed by atoms with E-state index in [9.17, 15) is 4.79 Å². The van der Waals surface area contributed by atoms with Gasteiger partial charge in [0.1, 0.15) is 0 Å². The van der Waals surface area contributed by atoms with E-state index >= 15 is 0 Å². The Balaban J connectivity index is 1.45. The van der Waals surface area contributed by atoms with Gasteiger partial charge in [-0.15, -0.1) is 0 Å². The lowest BCUT2D eigenvalue weighted by atomic mass is 9.84. The van der Waals surface area contributed by atoms with Crippen molar-refractivity contribution < 1.29 is 4.79 Å². The molecule has 0 bridgehead atoms. The third-order valence-electron chi connectivity index (χ3n) is 5.05. The second-order valence-electron chi connectivity index (χ2n) is 6.52. The van der Waals surface area contributed by atoms with Crippen LogP contribution in [-0.2, 0) is 0 Å². The molecule has 0 unspecified atom stereocenters. The maximum absolute atomic E-state index is 12.3. The Morgan fingerprint density at radius 1 is 1.24 bits per heavy atom. The fourth-order valence-corrected chi connectivity index (χ4v) is 3.53. The van der Waals surface area contributed by atoms with E-state index in [4.69, 9.17) is 0 Å². The summed E-state index contributed by atoms with van der Waals surface area (Å²) in [5, 5.41) is 3.20. The van der Waals surface area contributed by atoms with E-state index in [1.54, 1.807) is 0 Å². The molecule has 2 aliphatic rings. The highest BCUT2D eigenvalue weighted by Crippen LogP contribution is 2.28. The van der Waals surface area contributed by atoms with Crippen molar-refractivity contribution in [1.29, 1.82) is 0 Å². The van der Waals surface area contributed by atoms with Crippen molar-refractivity contribution in [2.24, 2.45) is 5.92 Å². The smallest absolute Gasteiger partial charge is 0.317 e. The summed E-state index contributed by atoms with van der Waals surface area (Å²) in [5.74, 6) is 1.14. The van der Waals surface area contributed by atoms with E-state index in [0.717, 1.165) is 13.1 Å². The summed E-state index contributed by atoms with van der Waals surface area (Å²) in [5.41, 5.74) is 1.29. The first-order chi connectivity index (χ1) is 10.2. The normalized spacial score (nSPS) is 21.7. The van der Waals surface area contributed by atoms with Crippen molar-refractivity contribution in [3.8, 4) is 0 Å². The second-order valence-corrected chi connectivity index (χ2v) is 6.52. The zero-order valence-electron chi connectivity index (χ0n) is 12.8. The number of carbonyl (C=O) groups is 1. The lowest BCUT2D eigenvalue weighted by Gasteiger charge is -2.40. The average molecular weight is 287 g/mol. The molecule has 3 rings (SSSR count). The molecule has 1 saturated carbocycles. The van der Waals surface area contributed by atoms with Crippen LogP contribution in [0.2, 0.25) is 0 Å². The van der Waals surface area contributed by atoms with Crippen molar-refractivity contribution in [3.05, 3.63) is 30.1 Å². The Morgan fingerprint density at radius 2 is 1.90 bits per heavy atom. The maximum atomic E-state index is 12.3. The SMILES string of the molecule is C[C@@H](NC(=O)N1CC(c2ccncc2)C1)C1CCCCC1. The predicted molar refractivity (Wildman–Crippen MR) is 83.1 cm³/mol. The summed E-state index contributed by atoms with van der Waals surface area (Å²) < 4.78 is 0. The molecule has 2 heterocycles. The average Bonchev–Trinajstić information content (AvgIpc) is 2.47. The van der Waals surface area contributed by atoms with Crippen LogP contribution in [0.5, 0.6) is 0 Å². The first-order valence-corrected chi connectivity index (χ1v) is 8.19. The third kappa shape index (κ3) is 3.36. The summed E-state index contributed by atoms with van der Waals surface area (Å²) in [4.78, 5) is 18.2. The number of hydrogen-bond donors (Lipinski definition) is 1. The van der Waals surface area contributed by atoms with Crippen LogP contribution in [0, 0.1) is 5.92 Å². The number of nitrogens with zero attached hydrogens (tertiary/aromatic N) is 2. The Labute approximate surface area is 126 Å². The third-order valence-corrected chi connectivity index (χ3v) is 5.05. The van der Waals surface area contributed by atoms with E-state index < -0.39 is 0 Å². The van der Waals surface area contributed by atoms with Gasteiger partial charge >= 0.3 is 6.03 Å². The molecule has 1 saturated heterocycles. The minimum atomic E-state index is 0.110. The van der Waals surface area contributed by atoms with Gasteiger partial charge in [-0.05, 0) is 43.4 Å². The van der Waals surface area contributed by atoms with E-state index in [0.29, 0.717) is 17.9 Å². The van der Waals surface area contributed by atoms with Crippen LogP contribution < -0.4 is 5.32 Å². The molecule has 21 heavy (non-hydrogen) atoms. The molecule has 2 amide bonds. The number of urea groups is 1. The van der Waals surface area contributed by atoms with Crippen molar-refractivity contribution in [1.82, 2.24) is 15.2 Å². The van der Waals surface area contributed by atoms with Crippen LogP contribution >= 0.6 is 0 Å². The van der Waals surface area contributed by atoms with Crippen LogP contribution in [0.15, 0.2) is 24.5 Å². The fraction of sp³-hybridized carbons (Fsp3) is 0.647. The highest BCUT2D eigenvalue weighted by molar-refractivity contribution is 5.75. The van der Waals surface area contributed by atoms with Gasteiger partial charge in [-0.1, -0.05) is 19.3 Å². The number of rotatable bonds is 3. The number of aromatic nitrogens is 1. The predicted octanol–water partition coefficient (Wildman–Crippen LogP) is 3.16. The van der Waals surface area contributed by atoms with Crippen molar-refractivity contribution in [3.63, 3.8) is 0 Å². The summed E-state index contributed by atoms with van der Waals surface area (Å²) in [6.45, 7) is 3.81. The van der Waals surface area contributed by atoms with Gasteiger partial charge in [0.15, 0.2) is 0 Å². The molecule has 1 aromatic rings. The molecule has 1 N–H and O–H groups in total. The summed E-state index contributed by atoms with van der Waals surface area (Å²) in [6.07, 6.45) is 10.2. The topological polar surface area (TPSA) is 45.2 Å². The van der Waals surface area contributed by atoms with Gasteiger partial charge in [0.2, 0.25) is 0 Å². The number of likely N-dealkylation sites (tertiary alicyclic amines) is 1. The number of hydrogen-bond acceptors (Lipinski definition) is 2. The summed E-state index contributed by atoms with van der Waals surface area (Å²) in [7, 11) is 0. The minimum absolute atomic E-state index is 0.110. The van der Waals surface area contributed by atoms with Gasteiger partial charge < -0.3 is 10.2 Å². The van der Waals surface area contributed by atoms with Gasteiger partial charge in [0, 0.05) is 37.4 Å². The number of carbonyl (C=O) groups excluding carboxylic acids is 1. The van der Waals surface area contributed by atoms with Crippen LogP contribution in [0.25, 0.3) is 0 Å². The molecule has 0 spiro atoms. The zero-order valence-corrected chi connectivity index (χ0v) is 12.8. The summed E-state index contributed by atoms with van der Waals surface area (Å²) >= 11 is 0. The number of amides is 2. The molecule has 1 aliphatic carbocycles. The number of pyridine rings is 1. The summed E-state index contributed by atoms with van der Waals surface area (Å²) in [6, 6.07) is 4.51. The molecule has 0 radical (unpaired) electrons. The molecule has 4 nitrogen and oxygen atoms in total. The molecule has 1 aliphatic heterocycles. The lowest BCUT2D eigenvalue weighted by molar-refractivity contribution is 0.143. The maximum Gasteiger partial charge on any atom is 0.317 e. The van der Waals surface area contributed by atoms with Crippen molar-refractivity contribution >= 4 is 6.03 Å². The monoisotopic (exact) mass is 287 g/mol. The van der Waals surface area contributed by atoms with Gasteiger partial charge in [-0.25, -0.2) is 4.79 Å². The Bertz CT molecular complexity index is 464. The molecular weight excluding hydrogens is 262 g/mol. The van der Waals surface area contributed by atoms with Crippen LogP contribution in [-0.4, -0.2) is 35.0 Å². The van der Waals surface area contributed by atoms with Crippen molar-refractivity contribution in [2.45, 2.75) is 51.0 Å². The molecular formula is C17H25N3O. The molecule has 1 atom stereocenters. The molecule has 114 valence electrons. The fourth-order valence-electron chi connectivity index (χ4n) is 3.53. The van der Waals surface area contributed by atoms with Gasteiger partial charge in [0.05, 0.1) is 0 Å². The van der Waals surface area contributed by atoms with Crippen LogP contribution in [0.4, 0.5) is 4.79 Å². The van der Waals surface area contributed by atoms with E-state index in [2.05, 4.69) is 17.2 Å². The largest absolute Gasteiger partial charge is 0.335 e. The first kappa shape index (κ1) is 14.4. The molecule has 1 aromatic heterocycles. The highest BCUT2D eigenvalue weighted by Gasteiger charge is 2.33. The highest BCUT2D eigenvalue weighted by atomic mass is 16.2. The molecule has 2 fully saturated rings. The van der Waals surface area contributed by atoms with E-state index in [1.807, 2.05) is 29.4 Å². The quantitative estimate of drug-likeness (QED) is 0.928. The first-order valence-electron chi connectivity index (χ1n) is 8.19. The zero-order chi connectivity index (χ0) is 14.7. The Morgan fingerprint density at radius 3 is 2.57 bits per heavy atom. The van der Waals surface area contributed by atoms with Crippen LogP contribution in [0.1, 0.15) is 50.5 Å². The van der Waals surface area contributed by atoms with Crippen molar-refractivity contribution in [2.75, 3.05) is 13.1 Å². The van der Waals surface area contributed by atoms with E-state index in [-0.39, 0.29) is 6.03 Å². The Kier molecular flexibility index (Phi) is 4.42.